The van der Waals surface area contributed by atoms with Crippen LogP contribution in [-0.4, -0.2) is 18.4 Å². The highest BCUT2D eigenvalue weighted by Gasteiger charge is 2.64. The van der Waals surface area contributed by atoms with Crippen LogP contribution < -0.4 is 0 Å². The van der Waals surface area contributed by atoms with E-state index in [9.17, 15) is 26.3 Å². The molecule has 1 heterocycles. The molecule has 0 N–H and O–H groups in total. The molecule has 2 rings (SSSR count). The Hall–Kier alpha value is -2.01. The molecule has 1 unspecified atom stereocenters. The van der Waals surface area contributed by atoms with E-state index in [-0.39, 0.29) is 5.56 Å². The van der Waals surface area contributed by atoms with Crippen LogP contribution in [0.2, 0.25) is 0 Å². The first-order chi connectivity index (χ1) is 9.59. The number of epoxide rings is 1. The summed E-state index contributed by atoms with van der Waals surface area (Å²) in [6, 6.07) is 4.06. The average molecular weight is 307 g/mol. The molecule has 0 saturated carbocycles. The topological polar surface area (TPSA) is 36.3 Å². The van der Waals surface area contributed by atoms with Gasteiger partial charge in [-0.05, 0) is 23.8 Å². The van der Waals surface area contributed by atoms with Crippen molar-refractivity contribution in [2.75, 3.05) is 6.61 Å². The zero-order chi connectivity index (χ0) is 15.9. The number of ether oxygens (including phenoxy) is 1. The van der Waals surface area contributed by atoms with Gasteiger partial charge < -0.3 is 4.74 Å². The van der Waals surface area contributed by atoms with E-state index in [0.29, 0.717) is 12.1 Å². The van der Waals surface area contributed by atoms with Gasteiger partial charge in [-0.3, -0.25) is 0 Å². The zero-order valence-corrected chi connectivity index (χ0v) is 10.2. The van der Waals surface area contributed by atoms with E-state index >= 15 is 0 Å². The Kier molecular flexibility index (Phi) is 3.49. The van der Waals surface area contributed by atoms with Gasteiger partial charge in [-0.25, -0.2) is 0 Å². The Bertz CT molecular complexity index is 619. The number of hydrogen-bond donors (Lipinski definition) is 0. The predicted octanol–water partition coefficient (Wildman–Crippen LogP) is 3.92. The van der Waals surface area contributed by atoms with Crippen LogP contribution in [0.25, 0.3) is 6.08 Å². The van der Waals surface area contributed by atoms with Crippen molar-refractivity contribution in [3.8, 4) is 6.07 Å². The Morgan fingerprint density at radius 1 is 1.19 bits per heavy atom. The minimum atomic E-state index is -4.76. The fourth-order valence-corrected chi connectivity index (χ4v) is 1.66. The maximum atomic E-state index is 12.7. The van der Waals surface area contributed by atoms with Crippen LogP contribution in [0.4, 0.5) is 26.3 Å². The monoisotopic (exact) mass is 307 g/mol. The zero-order valence-electron chi connectivity index (χ0n) is 10.2. The number of nitriles is 1. The van der Waals surface area contributed by atoms with Crippen LogP contribution in [0.3, 0.4) is 0 Å². The smallest absolute Gasteiger partial charge is 0.356 e. The second-order valence-electron chi connectivity index (χ2n) is 4.42. The van der Waals surface area contributed by atoms with Crippen molar-refractivity contribution in [1.82, 2.24) is 0 Å². The van der Waals surface area contributed by atoms with Crippen molar-refractivity contribution < 1.29 is 31.1 Å². The molecule has 1 saturated heterocycles. The maximum Gasteiger partial charge on any atom is 0.423 e. The lowest BCUT2D eigenvalue weighted by Crippen LogP contribution is -2.30. The Morgan fingerprint density at radius 3 is 2.24 bits per heavy atom. The lowest BCUT2D eigenvalue weighted by atomic mass is 10.0. The lowest BCUT2D eigenvalue weighted by molar-refractivity contribution is -0.169. The van der Waals surface area contributed by atoms with E-state index < -0.39 is 35.7 Å². The Balaban J connectivity index is 2.33. The van der Waals surface area contributed by atoms with Crippen molar-refractivity contribution in [3.05, 3.63) is 41.0 Å². The maximum absolute atomic E-state index is 12.7. The molecule has 0 aromatic heterocycles. The molecule has 1 aromatic rings. The third-order valence-corrected chi connectivity index (χ3v) is 2.95. The molecule has 1 fully saturated rings. The quantitative estimate of drug-likeness (QED) is 0.613. The molecular formula is C13H7F6NO. The van der Waals surface area contributed by atoms with Gasteiger partial charge in [-0.15, -0.1) is 0 Å². The third-order valence-electron chi connectivity index (χ3n) is 2.95. The lowest BCUT2D eigenvalue weighted by Gasteiger charge is -2.12. The fourth-order valence-electron chi connectivity index (χ4n) is 1.66. The van der Waals surface area contributed by atoms with Crippen molar-refractivity contribution in [1.29, 1.82) is 5.26 Å². The minimum absolute atomic E-state index is 0.0968. The molecule has 112 valence electrons. The molecule has 0 amide bonds. The van der Waals surface area contributed by atoms with E-state index in [4.69, 9.17) is 5.26 Å². The summed E-state index contributed by atoms with van der Waals surface area (Å²) >= 11 is 0. The molecule has 0 bridgehead atoms. The SMILES string of the molecule is N#Cc1ccc(/C=C/C2(C(F)(F)F)CO2)cc1C(F)(F)F. The average Bonchev–Trinajstić information content (AvgIpc) is 3.15. The first-order valence-electron chi connectivity index (χ1n) is 5.60. The number of rotatable bonds is 2. The summed E-state index contributed by atoms with van der Waals surface area (Å²) in [5.74, 6) is 0. The van der Waals surface area contributed by atoms with E-state index in [2.05, 4.69) is 4.74 Å². The largest absolute Gasteiger partial charge is 0.423 e. The van der Waals surface area contributed by atoms with E-state index in [1.165, 1.54) is 6.07 Å². The highest BCUT2D eigenvalue weighted by molar-refractivity contribution is 5.56. The van der Waals surface area contributed by atoms with Gasteiger partial charge in [0.15, 0.2) is 0 Å². The van der Waals surface area contributed by atoms with Gasteiger partial charge in [0.2, 0.25) is 5.60 Å². The van der Waals surface area contributed by atoms with Crippen molar-refractivity contribution in [2.45, 2.75) is 18.0 Å². The summed E-state index contributed by atoms with van der Waals surface area (Å²) in [5.41, 5.74) is -4.29. The summed E-state index contributed by atoms with van der Waals surface area (Å²) < 4.78 is 80.2. The molecular weight excluding hydrogens is 300 g/mol. The number of hydrogen-bond acceptors (Lipinski definition) is 2. The van der Waals surface area contributed by atoms with E-state index in [1.807, 2.05) is 0 Å². The molecule has 1 atom stereocenters. The van der Waals surface area contributed by atoms with Crippen molar-refractivity contribution in [2.24, 2.45) is 0 Å². The molecule has 1 aliphatic heterocycles. The highest BCUT2D eigenvalue weighted by atomic mass is 19.4. The normalized spacial score (nSPS) is 22.3. The molecule has 1 aliphatic rings. The molecule has 0 aliphatic carbocycles. The van der Waals surface area contributed by atoms with Gasteiger partial charge in [0.25, 0.3) is 0 Å². The van der Waals surface area contributed by atoms with Crippen LogP contribution >= 0.6 is 0 Å². The number of halogens is 6. The summed E-state index contributed by atoms with van der Waals surface area (Å²) in [6.07, 6.45) is -7.80. The molecule has 21 heavy (non-hydrogen) atoms. The highest BCUT2D eigenvalue weighted by Crippen LogP contribution is 2.45. The number of benzene rings is 1. The van der Waals surface area contributed by atoms with Crippen LogP contribution in [0.5, 0.6) is 0 Å². The van der Waals surface area contributed by atoms with Crippen LogP contribution in [0, 0.1) is 11.3 Å². The summed E-state index contributed by atoms with van der Waals surface area (Å²) in [5, 5.41) is 8.61. The van der Waals surface area contributed by atoms with E-state index in [1.54, 1.807) is 0 Å². The number of alkyl halides is 6. The second-order valence-corrected chi connectivity index (χ2v) is 4.42. The van der Waals surface area contributed by atoms with Crippen molar-refractivity contribution >= 4 is 6.08 Å². The first-order valence-corrected chi connectivity index (χ1v) is 5.60. The molecule has 8 heteroatoms. The molecule has 0 spiro atoms. The third kappa shape index (κ3) is 3.03. The summed E-state index contributed by atoms with van der Waals surface area (Å²) in [7, 11) is 0. The standard InChI is InChI=1S/C13H7F6NO/c14-12(15,16)10-5-8(1-2-9(10)6-20)3-4-11(7-21-11)13(17,18)19/h1-5H,7H2/b4-3+. The summed E-state index contributed by atoms with van der Waals surface area (Å²) in [4.78, 5) is 0. The molecule has 1 aromatic carbocycles. The van der Waals surface area contributed by atoms with Gasteiger partial charge in [0.1, 0.15) is 0 Å². The first kappa shape index (κ1) is 15.4. The van der Waals surface area contributed by atoms with Gasteiger partial charge in [-0.1, -0.05) is 12.1 Å². The van der Waals surface area contributed by atoms with Gasteiger partial charge in [0.05, 0.1) is 23.8 Å². The Morgan fingerprint density at radius 2 is 1.81 bits per heavy atom. The predicted molar refractivity (Wildman–Crippen MR) is 59.9 cm³/mol. The van der Waals surface area contributed by atoms with Gasteiger partial charge in [-0.2, -0.15) is 31.6 Å². The van der Waals surface area contributed by atoms with Crippen molar-refractivity contribution in [3.63, 3.8) is 0 Å². The van der Waals surface area contributed by atoms with Crippen LogP contribution in [0.1, 0.15) is 16.7 Å². The van der Waals surface area contributed by atoms with E-state index in [0.717, 1.165) is 18.2 Å². The van der Waals surface area contributed by atoms with Gasteiger partial charge >= 0.3 is 12.4 Å². The number of nitrogens with zero attached hydrogens (tertiary/aromatic N) is 1. The Labute approximate surface area is 115 Å². The van der Waals surface area contributed by atoms with Gasteiger partial charge in [0, 0.05) is 0 Å². The summed E-state index contributed by atoms with van der Waals surface area (Å²) in [6.45, 7) is -0.560. The minimum Gasteiger partial charge on any atom is -0.356 e. The second kappa shape index (κ2) is 4.77. The fraction of sp³-hybridized carbons (Fsp3) is 0.308. The molecule has 0 radical (unpaired) electrons. The molecule has 2 nitrogen and oxygen atoms in total. The van der Waals surface area contributed by atoms with Crippen LogP contribution in [-0.2, 0) is 10.9 Å². The van der Waals surface area contributed by atoms with Crippen LogP contribution in [0.15, 0.2) is 24.3 Å².